The van der Waals surface area contributed by atoms with E-state index in [2.05, 4.69) is 5.32 Å². The predicted octanol–water partition coefficient (Wildman–Crippen LogP) is 2.05. The number of amides is 1. The largest absolute Gasteiger partial charge is 0.496 e. The van der Waals surface area contributed by atoms with Crippen molar-refractivity contribution in [3.05, 3.63) is 23.8 Å². The van der Waals surface area contributed by atoms with E-state index in [1.54, 1.807) is 14.2 Å². The summed E-state index contributed by atoms with van der Waals surface area (Å²) in [7, 11) is 3.19. The van der Waals surface area contributed by atoms with Crippen LogP contribution in [0.5, 0.6) is 11.5 Å². The van der Waals surface area contributed by atoms with Crippen LogP contribution in [-0.2, 0) is 11.2 Å². The van der Waals surface area contributed by atoms with Crippen molar-refractivity contribution >= 4 is 18.3 Å². The molecule has 0 aliphatic heterocycles. The van der Waals surface area contributed by atoms with Gasteiger partial charge in [0, 0.05) is 17.6 Å². The van der Waals surface area contributed by atoms with Crippen molar-refractivity contribution in [2.75, 3.05) is 14.2 Å². The number of carbonyl (C=O) groups is 1. The Morgan fingerprint density at radius 1 is 1.18 bits per heavy atom. The molecule has 0 spiro atoms. The fraction of sp³-hybridized carbons (Fsp3) is 0.562. The van der Waals surface area contributed by atoms with Gasteiger partial charge in [0.1, 0.15) is 11.5 Å². The molecule has 1 aliphatic carbocycles. The molecule has 5 nitrogen and oxygen atoms in total. The summed E-state index contributed by atoms with van der Waals surface area (Å²) in [6.45, 7) is 0. The van der Waals surface area contributed by atoms with Gasteiger partial charge in [-0.1, -0.05) is 6.07 Å². The number of hydrogen-bond donors (Lipinski definition) is 2. The molecule has 0 saturated heterocycles. The van der Waals surface area contributed by atoms with E-state index < -0.39 is 0 Å². The van der Waals surface area contributed by atoms with Gasteiger partial charge in [-0.25, -0.2) is 0 Å². The second-order valence-electron chi connectivity index (χ2n) is 5.50. The molecule has 6 heteroatoms. The Morgan fingerprint density at radius 3 is 2.23 bits per heavy atom. The average Bonchev–Trinajstić information content (AvgIpc) is 2.49. The molecule has 1 aromatic carbocycles. The van der Waals surface area contributed by atoms with E-state index in [1.807, 2.05) is 18.2 Å². The zero-order chi connectivity index (χ0) is 15.2. The van der Waals surface area contributed by atoms with Crippen molar-refractivity contribution in [1.82, 2.24) is 5.32 Å². The van der Waals surface area contributed by atoms with E-state index in [-0.39, 0.29) is 36.8 Å². The van der Waals surface area contributed by atoms with Crippen molar-refractivity contribution in [3.8, 4) is 11.5 Å². The van der Waals surface area contributed by atoms with Crippen molar-refractivity contribution in [3.63, 3.8) is 0 Å². The lowest BCUT2D eigenvalue weighted by atomic mass is 9.91. The highest BCUT2D eigenvalue weighted by atomic mass is 35.5. The van der Waals surface area contributed by atoms with Crippen molar-refractivity contribution < 1.29 is 14.3 Å². The molecule has 1 saturated carbocycles. The summed E-state index contributed by atoms with van der Waals surface area (Å²) in [6.07, 6.45) is 4.12. The van der Waals surface area contributed by atoms with E-state index in [4.69, 9.17) is 15.2 Å². The third-order valence-corrected chi connectivity index (χ3v) is 4.00. The summed E-state index contributed by atoms with van der Waals surface area (Å²) in [5.74, 6) is 1.35. The summed E-state index contributed by atoms with van der Waals surface area (Å²) in [5.41, 5.74) is 6.67. The maximum atomic E-state index is 12.2. The topological polar surface area (TPSA) is 73.6 Å². The van der Waals surface area contributed by atoms with Gasteiger partial charge >= 0.3 is 0 Å². The van der Waals surface area contributed by atoms with E-state index in [9.17, 15) is 4.79 Å². The van der Waals surface area contributed by atoms with E-state index in [0.717, 1.165) is 31.2 Å². The van der Waals surface area contributed by atoms with E-state index >= 15 is 0 Å². The summed E-state index contributed by atoms with van der Waals surface area (Å²) >= 11 is 0. The first-order chi connectivity index (χ1) is 10.1. The van der Waals surface area contributed by atoms with Gasteiger partial charge in [0.2, 0.25) is 5.91 Å². The van der Waals surface area contributed by atoms with Crippen LogP contribution < -0.4 is 20.5 Å². The normalized spacial score (nSPS) is 20.7. The number of carbonyl (C=O) groups excluding carboxylic acids is 1. The molecule has 0 bridgehead atoms. The van der Waals surface area contributed by atoms with Gasteiger partial charge < -0.3 is 20.5 Å². The molecule has 124 valence electrons. The number of benzene rings is 1. The molecular formula is C16H25ClN2O3. The van der Waals surface area contributed by atoms with Crippen LogP contribution in [-0.4, -0.2) is 32.2 Å². The highest BCUT2D eigenvalue weighted by Crippen LogP contribution is 2.28. The zero-order valence-electron chi connectivity index (χ0n) is 13.1. The van der Waals surface area contributed by atoms with E-state index in [1.165, 1.54) is 0 Å². The Morgan fingerprint density at radius 2 is 1.73 bits per heavy atom. The Hall–Kier alpha value is -1.46. The molecule has 0 radical (unpaired) electrons. The van der Waals surface area contributed by atoms with Gasteiger partial charge in [0.25, 0.3) is 0 Å². The monoisotopic (exact) mass is 328 g/mol. The molecule has 1 fully saturated rings. The van der Waals surface area contributed by atoms with Crippen LogP contribution in [0.4, 0.5) is 0 Å². The van der Waals surface area contributed by atoms with Crippen LogP contribution in [0.2, 0.25) is 0 Å². The van der Waals surface area contributed by atoms with Gasteiger partial charge in [-0.05, 0) is 37.8 Å². The number of ether oxygens (including phenoxy) is 2. The average molecular weight is 329 g/mol. The van der Waals surface area contributed by atoms with Crippen molar-refractivity contribution in [2.24, 2.45) is 5.73 Å². The molecule has 3 N–H and O–H groups in total. The Labute approximate surface area is 138 Å². The lowest BCUT2D eigenvalue weighted by Crippen LogP contribution is -2.41. The molecule has 2 rings (SSSR count). The number of hydrogen-bond acceptors (Lipinski definition) is 4. The smallest absolute Gasteiger partial charge is 0.224 e. The summed E-state index contributed by atoms with van der Waals surface area (Å²) in [4.78, 5) is 12.2. The molecule has 1 aliphatic rings. The third-order valence-electron chi connectivity index (χ3n) is 4.00. The minimum absolute atomic E-state index is 0. The SMILES string of the molecule is COc1cccc(OC)c1CC(=O)NC1CCC(N)CC1.Cl. The first-order valence-corrected chi connectivity index (χ1v) is 7.38. The second-order valence-corrected chi connectivity index (χ2v) is 5.50. The molecule has 0 heterocycles. The van der Waals surface area contributed by atoms with Crippen LogP contribution in [0.3, 0.4) is 0 Å². The van der Waals surface area contributed by atoms with Gasteiger partial charge in [0.15, 0.2) is 0 Å². The number of methoxy groups -OCH3 is 2. The highest BCUT2D eigenvalue weighted by Gasteiger charge is 2.21. The second kappa shape index (κ2) is 8.86. The van der Waals surface area contributed by atoms with Crippen LogP contribution in [0.15, 0.2) is 18.2 Å². The van der Waals surface area contributed by atoms with Crippen molar-refractivity contribution in [1.29, 1.82) is 0 Å². The standard InChI is InChI=1S/C16H24N2O3.ClH/c1-20-14-4-3-5-15(21-2)13(14)10-16(19)18-12-8-6-11(17)7-9-12;/h3-5,11-12H,6-10,17H2,1-2H3,(H,18,19);1H. The number of nitrogens with two attached hydrogens (primary N) is 1. The molecule has 22 heavy (non-hydrogen) atoms. The molecule has 0 aromatic heterocycles. The van der Waals surface area contributed by atoms with Crippen LogP contribution >= 0.6 is 12.4 Å². The quantitative estimate of drug-likeness (QED) is 0.867. The van der Waals surface area contributed by atoms with Crippen LogP contribution in [0.1, 0.15) is 31.2 Å². The predicted molar refractivity (Wildman–Crippen MR) is 88.9 cm³/mol. The first-order valence-electron chi connectivity index (χ1n) is 7.38. The van der Waals surface area contributed by atoms with Gasteiger partial charge in [0.05, 0.1) is 20.6 Å². The molecule has 0 unspecified atom stereocenters. The number of rotatable bonds is 5. The molecular weight excluding hydrogens is 304 g/mol. The minimum Gasteiger partial charge on any atom is -0.496 e. The lowest BCUT2D eigenvalue weighted by molar-refractivity contribution is -0.121. The summed E-state index contributed by atoms with van der Waals surface area (Å²) < 4.78 is 10.6. The van der Waals surface area contributed by atoms with Gasteiger partial charge in [-0.15, -0.1) is 12.4 Å². The Bertz CT molecular complexity index is 466. The number of halogens is 1. The maximum Gasteiger partial charge on any atom is 0.224 e. The number of nitrogens with one attached hydrogen (secondary N) is 1. The molecule has 0 atom stereocenters. The Kier molecular flexibility index (Phi) is 7.48. The zero-order valence-corrected chi connectivity index (χ0v) is 13.9. The summed E-state index contributed by atoms with van der Waals surface area (Å²) in [5, 5.41) is 3.08. The van der Waals surface area contributed by atoms with E-state index in [0.29, 0.717) is 11.5 Å². The Balaban J connectivity index is 0.00000242. The van der Waals surface area contributed by atoms with Crippen LogP contribution in [0.25, 0.3) is 0 Å². The van der Waals surface area contributed by atoms with Gasteiger partial charge in [-0.3, -0.25) is 4.79 Å². The maximum absolute atomic E-state index is 12.2. The fourth-order valence-electron chi connectivity index (χ4n) is 2.81. The van der Waals surface area contributed by atoms with Crippen molar-refractivity contribution in [2.45, 2.75) is 44.2 Å². The van der Waals surface area contributed by atoms with Gasteiger partial charge in [-0.2, -0.15) is 0 Å². The highest BCUT2D eigenvalue weighted by molar-refractivity contribution is 5.85. The fourth-order valence-corrected chi connectivity index (χ4v) is 2.81. The first kappa shape index (κ1) is 18.6. The lowest BCUT2D eigenvalue weighted by Gasteiger charge is -2.27. The minimum atomic E-state index is -0.00160. The van der Waals surface area contributed by atoms with Crippen LogP contribution in [0, 0.1) is 0 Å². The molecule has 1 aromatic rings. The summed E-state index contributed by atoms with van der Waals surface area (Å²) in [6, 6.07) is 6.04. The molecule has 1 amide bonds. The third kappa shape index (κ3) is 4.78.